The van der Waals surface area contributed by atoms with Crippen LogP contribution in [0.1, 0.15) is 33.6 Å². The first-order valence-corrected chi connectivity index (χ1v) is 11.1. The minimum atomic E-state index is -0.553. The summed E-state index contributed by atoms with van der Waals surface area (Å²) in [6, 6.07) is 6.39. The van der Waals surface area contributed by atoms with Crippen LogP contribution in [0.5, 0.6) is 17.4 Å². The van der Waals surface area contributed by atoms with Crippen molar-refractivity contribution in [3.05, 3.63) is 49.2 Å². The van der Waals surface area contributed by atoms with Gasteiger partial charge < -0.3 is 24.8 Å². The Kier molecular flexibility index (Phi) is 6.76. The highest BCUT2D eigenvalue weighted by atomic mass is 16.6. The number of nitrogens with one attached hydrogen (secondary N) is 1. The fraction of sp³-hybridized carbons (Fsp3) is 0.375. The summed E-state index contributed by atoms with van der Waals surface area (Å²) in [5, 5.41) is 13.1. The number of benzene rings is 1. The van der Waals surface area contributed by atoms with E-state index in [9.17, 15) is 9.90 Å². The summed E-state index contributed by atoms with van der Waals surface area (Å²) >= 11 is 0. The Balaban J connectivity index is 1.55. The average molecular weight is 465 g/mol. The number of aromatic hydroxyl groups is 1. The molecule has 0 bridgehead atoms. The van der Waals surface area contributed by atoms with Crippen LogP contribution in [-0.4, -0.2) is 60.8 Å². The molecule has 0 unspecified atom stereocenters. The smallest absolute Gasteiger partial charge is 0.410 e. The van der Waals surface area contributed by atoms with E-state index in [-0.39, 0.29) is 23.8 Å². The van der Waals surface area contributed by atoms with Crippen LogP contribution in [0.3, 0.4) is 0 Å². The van der Waals surface area contributed by atoms with E-state index in [0.717, 1.165) is 12.8 Å². The van der Waals surface area contributed by atoms with Crippen molar-refractivity contribution in [2.24, 2.45) is 0 Å². The summed E-state index contributed by atoms with van der Waals surface area (Å²) in [6.07, 6.45) is 7.75. The maximum Gasteiger partial charge on any atom is 0.410 e. The molecule has 1 amide bonds. The lowest BCUT2D eigenvalue weighted by atomic mass is 10.2. The molecule has 0 saturated carbocycles. The molecule has 1 atom stereocenters. The summed E-state index contributed by atoms with van der Waals surface area (Å²) in [4.78, 5) is 31.5. The predicted octanol–water partition coefficient (Wildman–Crippen LogP) is 4.24. The van der Waals surface area contributed by atoms with Crippen LogP contribution in [0.2, 0.25) is 0 Å². The third kappa shape index (κ3) is 5.89. The highest BCUT2D eigenvalue weighted by Crippen LogP contribution is 2.30. The van der Waals surface area contributed by atoms with Crippen molar-refractivity contribution >= 4 is 11.9 Å². The second kappa shape index (κ2) is 9.90. The van der Waals surface area contributed by atoms with Crippen LogP contribution in [-0.2, 0) is 4.74 Å². The number of likely N-dealkylation sites (tertiary alicyclic amines) is 1. The molecule has 2 aromatic heterocycles. The molecule has 1 aliphatic rings. The second-order valence-electron chi connectivity index (χ2n) is 8.99. The first-order valence-electron chi connectivity index (χ1n) is 11.1. The highest BCUT2D eigenvalue weighted by molar-refractivity contribution is 5.69. The normalized spacial score (nSPS) is 15.7. The molecule has 0 aliphatic carbocycles. The fourth-order valence-electron chi connectivity index (χ4n) is 3.62. The van der Waals surface area contributed by atoms with Gasteiger partial charge in [-0.3, -0.25) is 0 Å². The van der Waals surface area contributed by atoms with Crippen molar-refractivity contribution in [1.82, 2.24) is 24.8 Å². The largest absolute Gasteiger partial charge is 0.508 e. The molecular formula is C24H28N6O4. The highest BCUT2D eigenvalue weighted by Gasteiger charge is 2.32. The Bertz CT molecular complexity index is 1140. The van der Waals surface area contributed by atoms with Crippen molar-refractivity contribution in [3.63, 3.8) is 0 Å². The van der Waals surface area contributed by atoms with Crippen molar-refractivity contribution in [2.45, 2.75) is 45.3 Å². The molecule has 1 aliphatic heterocycles. The number of amides is 1. The third-order valence-electron chi connectivity index (χ3n) is 5.14. The van der Waals surface area contributed by atoms with Gasteiger partial charge in [-0.25, -0.2) is 24.7 Å². The van der Waals surface area contributed by atoms with Crippen molar-refractivity contribution < 1.29 is 19.4 Å². The number of phenolic OH excluding ortho intramolecular Hbond substituents is 1. The molecule has 10 heteroatoms. The Morgan fingerprint density at radius 1 is 1.24 bits per heavy atom. The van der Waals surface area contributed by atoms with Gasteiger partial charge in [-0.1, -0.05) is 6.07 Å². The zero-order valence-electron chi connectivity index (χ0n) is 19.4. The molecule has 34 heavy (non-hydrogen) atoms. The number of phenols is 1. The van der Waals surface area contributed by atoms with E-state index in [0.29, 0.717) is 35.9 Å². The number of rotatable bonds is 6. The van der Waals surface area contributed by atoms with Gasteiger partial charge in [0, 0.05) is 37.1 Å². The molecule has 3 aromatic rings. The third-order valence-corrected chi connectivity index (χ3v) is 5.14. The molecule has 1 saturated heterocycles. The Morgan fingerprint density at radius 2 is 2.03 bits per heavy atom. The molecule has 1 fully saturated rings. The molecule has 2 N–H and O–H groups in total. The van der Waals surface area contributed by atoms with Gasteiger partial charge in [-0.05, 0) is 45.7 Å². The second-order valence-corrected chi connectivity index (χ2v) is 8.99. The number of carbonyl (C=O) groups excluding carboxylic acids is 1. The van der Waals surface area contributed by atoms with Crippen LogP contribution in [0.4, 0.5) is 10.6 Å². The van der Waals surface area contributed by atoms with E-state index in [1.54, 1.807) is 41.7 Å². The van der Waals surface area contributed by atoms with Crippen LogP contribution >= 0.6 is 0 Å². The number of ether oxygens (including phenoxy) is 2. The molecule has 1 aromatic carbocycles. The van der Waals surface area contributed by atoms with E-state index in [1.165, 1.54) is 12.4 Å². The zero-order chi connectivity index (χ0) is 24.1. The number of carbonyl (C=O) groups is 1. The molecule has 4 rings (SSSR count). The van der Waals surface area contributed by atoms with Crippen LogP contribution in [0.25, 0.3) is 11.3 Å². The summed E-state index contributed by atoms with van der Waals surface area (Å²) < 4.78 is 11.5. The Labute approximate surface area is 198 Å². The quantitative estimate of drug-likeness (QED) is 0.551. The van der Waals surface area contributed by atoms with Gasteiger partial charge in [-0.15, -0.1) is 0 Å². The standard InChI is InChI=1S/C24H28N6O4/c1-24(2,3)34-23(32)30-9-5-6-17(30)13-27-21-22(33-19-8-4-7-18(31)10-19)29-20(14-28-21)16-11-25-15-26-12-16/h4,7-8,10-12,14-15,17,31H,5-6,9,13H2,1-3H3,(H,27,28)/t17-/m0/s1. The first-order chi connectivity index (χ1) is 16.3. The Hall–Kier alpha value is -3.95. The fourth-order valence-corrected chi connectivity index (χ4v) is 3.62. The topological polar surface area (TPSA) is 123 Å². The number of hydrogen-bond acceptors (Lipinski definition) is 9. The van der Waals surface area contributed by atoms with E-state index >= 15 is 0 Å². The van der Waals surface area contributed by atoms with Crippen LogP contribution in [0.15, 0.2) is 49.2 Å². The molecule has 3 heterocycles. The monoisotopic (exact) mass is 464 g/mol. The summed E-state index contributed by atoms with van der Waals surface area (Å²) in [7, 11) is 0. The summed E-state index contributed by atoms with van der Waals surface area (Å²) in [5.74, 6) is 1.13. The average Bonchev–Trinajstić information content (AvgIpc) is 3.27. The molecular weight excluding hydrogens is 436 g/mol. The summed E-state index contributed by atoms with van der Waals surface area (Å²) in [5.41, 5.74) is 0.675. The summed E-state index contributed by atoms with van der Waals surface area (Å²) in [6.45, 7) is 6.67. The van der Waals surface area contributed by atoms with Gasteiger partial charge >= 0.3 is 6.09 Å². The van der Waals surface area contributed by atoms with E-state index in [1.807, 2.05) is 20.8 Å². The van der Waals surface area contributed by atoms with Gasteiger partial charge in [-0.2, -0.15) is 0 Å². The van der Waals surface area contributed by atoms with Gasteiger partial charge in [0.05, 0.1) is 17.9 Å². The first kappa shape index (κ1) is 23.2. The van der Waals surface area contributed by atoms with Gasteiger partial charge in [0.2, 0.25) is 0 Å². The lowest BCUT2D eigenvalue weighted by Crippen LogP contribution is -2.42. The number of anilines is 1. The lowest BCUT2D eigenvalue weighted by Gasteiger charge is -2.28. The maximum atomic E-state index is 12.6. The zero-order valence-corrected chi connectivity index (χ0v) is 19.4. The molecule has 0 radical (unpaired) electrons. The maximum absolute atomic E-state index is 12.6. The van der Waals surface area contributed by atoms with Crippen molar-refractivity contribution in [1.29, 1.82) is 0 Å². The van der Waals surface area contributed by atoms with Gasteiger partial charge in [0.25, 0.3) is 5.88 Å². The van der Waals surface area contributed by atoms with Crippen molar-refractivity contribution in [3.8, 4) is 28.6 Å². The van der Waals surface area contributed by atoms with Crippen molar-refractivity contribution in [2.75, 3.05) is 18.4 Å². The minimum Gasteiger partial charge on any atom is -0.508 e. The molecule has 0 spiro atoms. The van der Waals surface area contributed by atoms with E-state index < -0.39 is 5.60 Å². The van der Waals surface area contributed by atoms with Crippen LogP contribution < -0.4 is 10.1 Å². The minimum absolute atomic E-state index is 0.0486. The number of nitrogens with zero attached hydrogens (tertiary/aromatic N) is 5. The van der Waals surface area contributed by atoms with E-state index in [4.69, 9.17) is 9.47 Å². The van der Waals surface area contributed by atoms with Crippen LogP contribution in [0, 0.1) is 0 Å². The molecule has 178 valence electrons. The number of hydrogen-bond donors (Lipinski definition) is 2. The number of aromatic nitrogens is 4. The van der Waals surface area contributed by atoms with E-state index in [2.05, 4.69) is 25.3 Å². The lowest BCUT2D eigenvalue weighted by molar-refractivity contribution is 0.0235. The van der Waals surface area contributed by atoms with Gasteiger partial charge in [0.1, 0.15) is 23.4 Å². The molecule has 10 nitrogen and oxygen atoms in total. The predicted molar refractivity (Wildman–Crippen MR) is 126 cm³/mol. The SMILES string of the molecule is CC(C)(C)OC(=O)N1CCC[C@H]1CNc1ncc(-c2cncnc2)nc1Oc1cccc(O)c1. The Morgan fingerprint density at radius 3 is 2.76 bits per heavy atom. The van der Waals surface area contributed by atoms with Gasteiger partial charge in [0.15, 0.2) is 5.82 Å².